The molecular formula is C13H12N2O2S. The van der Waals surface area contributed by atoms with E-state index < -0.39 is 0 Å². The molecule has 1 aliphatic carbocycles. The summed E-state index contributed by atoms with van der Waals surface area (Å²) in [6, 6.07) is 5.29. The van der Waals surface area contributed by atoms with Crippen LogP contribution in [0.5, 0.6) is 0 Å². The molecule has 1 aromatic carbocycles. The fourth-order valence-electron chi connectivity index (χ4n) is 1.90. The van der Waals surface area contributed by atoms with Crippen molar-refractivity contribution in [1.29, 1.82) is 0 Å². The summed E-state index contributed by atoms with van der Waals surface area (Å²) in [7, 11) is 0. The third kappa shape index (κ3) is 2.01. The van der Waals surface area contributed by atoms with Crippen molar-refractivity contribution in [3.05, 3.63) is 44.3 Å². The molecule has 1 saturated carbocycles. The first-order chi connectivity index (χ1) is 8.65. The monoisotopic (exact) mass is 260 g/mol. The quantitative estimate of drug-likeness (QED) is 0.621. The highest BCUT2D eigenvalue weighted by Crippen LogP contribution is 2.42. The molecule has 1 heterocycles. The minimum Gasteiger partial charge on any atom is -0.258 e. The van der Waals surface area contributed by atoms with Crippen LogP contribution in [0.1, 0.15) is 29.3 Å². The molecule has 18 heavy (non-hydrogen) atoms. The van der Waals surface area contributed by atoms with Crippen molar-refractivity contribution in [3.63, 3.8) is 0 Å². The zero-order chi connectivity index (χ0) is 12.7. The van der Waals surface area contributed by atoms with Gasteiger partial charge < -0.3 is 0 Å². The van der Waals surface area contributed by atoms with E-state index in [0.29, 0.717) is 11.5 Å². The normalized spacial score (nSPS) is 14.7. The molecule has 5 heteroatoms. The lowest BCUT2D eigenvalue weighted by Crippen LogP contribution is -1.92. The van der Waals surface area contributed by atoms with Gasteiger partial charge in [0.1, 0.15) is 0 Å². The fraction of sp³-hybridized carbons (Fsp3) is 0.308. The van der Waals surface area contributed by atoms with Crippen LogP contribution in [0.25, 0.3) is 11.3 Å². The second-order valence-corrected chi connectivity index (χ2v) is 5.49. The van der Waals surface area contributed by atoms with E-state index in [9.17, 15) is 10.1 Å². The minimum atomic E-state index is -0.340. The van der Waals surface area contributed by atoms with Crippen molar-refractivity contribution in [2.45, 2.75) is 25.7 Å². The lowest BCUT2D eigenvalue weighted by molar-refractivity contribution is -0.385. The Kier molecular flexibility index (Phi) is 2.63. The predicted octanol–water partition coefficient (Wildman–Crippen LogP) is 3.90. The van der Waals surface area contributed by atoms with E-state index in [1.54, 1.807) is 30.4 Å². The standard InChI is InChI=1S/C13H12N2O2S/c1-8-2-3-10(6-12(8)15(16)17)11-7-18-13(14-11)9-4-5-9/h2-3,6-7,9H,4-5H2,1H3. The molecule has 2 aromatic rings. The Morgan fingerprint density at radius 2 is 2.22 bits per heavy atom. The van der Waals surface area contributed by atoms with Crippen molar-refractivity contribution in [1.82, 2.24) is 4.98 Å². The molecule has 1 fully saturated rings. The average Bonchev–Trinajstić information content (AvgIpc) is 3.08. The van der Waals surface area contributed by atoms with E-state index in [2.05, 4.69) is 4.98 Å². The zero-order valence-electron chi connectivity index (χ0n) is 9.92. The van der Waals surface area contributed by atoms with E-state index in [4.69, 9.17) is 0 Å². The first kappa shape index (κ1) is 11.3. The summed E-state index contributed by atoms with van der Waals surface area (Å²) in [5.41, 5.74) is 2.52. The van der Waals surface area contributed by atoms with Crippen molar-refractivity contribution < 1.29 is 4.92 Å². The van der Waals surface area contributed by atoms with E-state index in [-0.39, 0.29) is 10.6 Å². The Morgan fingerprint density at radius 3 is 2.89 bits per heavy atom. The molecule has 0 spiro atoms. The number of aryl methyl sites for hydroxylation is 1. The Labute approximate surface area is 108 Å². The van der Waals surface area contributed by atoms with E-state index in [0.717, 1.165) is 16.3 Å². The molecule has 0 N–H and O–H groups in total. The highest BCUT2D eigenvalue weighted by atomic mass is 32.1. The Hall–Kier alpha value is -1.75. The Balaban J connectivity index is 1.99. The third-order valence-corrected chi connectivity index (χ3v) is 4.16. The summed E-state index contributed by atoms with van der Waals surface area (Å²) in [4.78, 5) is 15.1. The van der Waals surface area contributed by atoms with Crippen LogP contribution < -0.4 is 0 Å². The van der Waals surface area contributed by atoms with Gasteiger partial charge in [0.2, 0.25) is 0 Å². The van der Waals surface area contributed by atoms with Crippen LogP contribution in [0.2, 0.25) is 0 Å². The van der Waals surface area contributed by atoms with Crippen LogP contribution in [0, 0.1) is 17.0 Å². The molecule has 1 aliphatic rings. The molecule has 0 radical (unpaired) electrons. The lowest BCUT2D eigenvalue weighted by atomic mass is 10.1. The number of rotatable bonds is 3. The molecular weight excluding hydrogens is 248 g/mol. The zero-order valence-corrected chi connectivity index (χ0v) is 10.7. The van der Waals surface area contributed by atoms with Gasteiger partial charge in [-0.05, 0) is 19.8 Å². The largest absolute Gasteiger partial charge is 0.272 e. The first-order valence-electron chi connectivity index (χ1n) is 5.86. The Bertz CT molecular complexity index is 617. The number of thiazole rings is 1. The van der Waals surface area contributed by atoms with Crippen LogP contribution in [-0.2, 0) is 0 Å². The van der Waals surface area contributed by atoms with Gasteiger partial charge in [-0.2, -0.15) is 0 Å². The molecule has 0 unspecified atom stereocenters. The SMILES string of the molecule is Cc1ccc(-c2csc(C3CC3)n2)cc1[N+](=O)[O-]. The van der Waals surface area contributed by atoms with Crippen LogP contribution in [0.3, 0.4) is 0 Å². The fourth-order valence-corrected chi connectivity index (χ4v) is 2.90. The van der Waals surface area contributed by atoms with Gasteiger partial charge in [0.15, 0.2) is 0 Å². The molecule has 92 valence electrons. The second-order valence-electron chi connectivity index (χ2n) is 4.60. The topological polar surface area (TPSA) is 56.0 Å². The summed E-state index contributed by atoms with van der Waals surface area (Å²) in [6.07, 6.45) is 2.45. The first-order valence-corrected chi connectivity index (χ1v) is 6.74. The van der Waals surface area contributed by atoms with Gasteiger partial charge in [0.05, 0.1) is 15.6 Å². The van der Waals surface area contributed by atoms with Gasteiger partial charge in [-0.15, -0.1) is 11.3 Å². The predicted molar refractivity (Wildman–Crippen MR) is 70.9 cm³/mol. The summed E-state index contributed by atoms with van der Waals surface area (Å²) in [6.45, 7) is 1.75. The summed E-state index contributed by atoms with van der Waals surface area (Å²) in [5, 5.41) is 14.1. The van der Waals surface area contributed by atoms with Gasteiger partial charge in [-0.1, -0.05) is 12.1 Å². The van der Waals surface area contributed by atoms with E-state index >= 15 is 0 Å². The van der Waals surface area contributed by atoms with Gasteiger partial charge in [0.25, 0.3) is 5.69 Å². The maximum absolute atomic E-state index is 10.9. The molecule has 3 rings (SSSR count). The molecule has 0 atom stereocenters. The number of hydrogen-bond donors (Lipinski definition) is 0. The van der Waals surface area contributed by atoms with Crippen LogP contribution >= 0.6 is 11.3 Å². The van der Waals surface area contributed by atoms with Crippen molar-refractivity contribution in [2.75, 3.05) is 0 Å². The number of nitro groups is 1. The molecule has 4 nitrogen and oxygen atoms in total. The van der Waals surface area contributed by atoms with Crippen LogP contribution in [0.4, 0.5) is 5.69 Å². The maximum atomic E-state index is 10.9. The second kappa shape index (κ2) is 4.17. The number of nitro benzene ring substituents is 1. The average molecular weight is 260 g/mol. The molecule has 1 aromatic heterocycles. The minimum absolute atomic E-state index is 0.161. The number of nitrogens with zero attached hydrogens (tertiary/aromatic N) is 2. The van der Waals surface area contributed by atoms with Crippen LogP contribution in [0.15, 0.2) is 23.6 Å². The van der Waals surface area contributed by atoms with Crippen molar-refractivity contribution >= 4 is 17.0 Å². The van der Waals surface area contributed by atoms with E-state index in [1.807, 2.05) is 11.4 Å². The highest BCUT2D eigenvalue weighted by molar-refractivity contribution is 7.10. The molecule has 0 bridgehead atoms. The summed E-state index contributed by atoms with van der Waals surface area (Å²) in [5.74, 6) is 0.629. The number of benzene rings is 1. The van der Waals surface area contributed by atoms with Gasteiger partial charge in [-0.3, -0.25) is 10.1 Å². The van der Waals surface area contributed by atoms with Crippen molar-refractivity contribution in [2.24, 2.45) is 0 Å². The molecule has 0 aliphatic heterocycles. The lowest BCUT2D eigenvalue weighted by Gasteiger charge is -2.00. The number of hydrogen-bond acceptors (Lipinski definition) is 4. The number of aromatic nitrogens is 1. The maximum Gasteiger partial charge on any atom is 0.272 e. The summed E-state index contributed by atoms with van der Waals surface area (Å²) < 4.78 is 0. The van der Waals surface area contributed by atoms with Gasteiger partial charge in [-0.25, -0.2) is 4.98 Å². The molecule has 0 amide bonds. The van der Waals surface area contributed by atoms with Gasteiger partial charge in [0, 0.05) is 28.5 Å². The van der Waals surface area contributed by atoms with Gasteiger partial charge >= 0.3 is 0 Å². The van der Waals surface area contributed by atoms with Crippen LogP contribution in [-0.4, -0.2) is 9.91 Å². The summed E-state index contributed by atoms with van der Waals surface area (Å²) >= 11 is 1.65. The highest BCUT2D eigenvalue weighted by Gasteiger charge is 2.27. The van der Waals surface area contributed by atoms with Crippen molar-refractivity contribution in [3.8, 4) is 11.3 Å². The third-order valence-electron chi connectivity index (χ3n) is 3.15. The van der Waals surface area contributed by atoms with E-state index in [1.165, 1.54) is 12.8 Å². The smallest absolute Gasteiger partial charge is 0.258 e. The molecule has 0 saturated heterocycles. The Morgan fingerprint density at radius 1 is 1.44 bits per heavy atom.